The molecular weight excluding hydrogens is 1720 g/mol. The Morgan fingerprint density at radius 2 is 0.829 bits per heavy atom. The predicted octanol–water partition coefficient (Wildman–Crippen LogP) is 14.4. The molecular formula is C79H75BrCl5F4IN10O11. The van der Waals surface area contributed by atoms with Gasteiger partial charge in [-0.3, -0.25) is 48.5 Å². The lowest BCUT2D eigenvalue weighted by atomic mass is 10.0. The second-order valence-electron chi connectivity index (χ2n) is 27.5. The summed E-state index contributed by atoms with van der Waals surface area (Å²) in [4.78, 5) is 70.1. The number of alkyl halides is 3. The Kier molecular flexibility index (Phi) is 26.9. The molecule has 111 heavy (non-hydrogen) atoms. The van der Waals surface area contributed by atoms with Crippen molar-refractivity contribution in [1.29, 1.82) is 0 Å². The van der Waals surface area contributed by atoms with E-state index in [1.54, 1.807) is 6.20 Å². The number of pyridine rings is 5. The molecule has 0 bridgehead atoms. The number of halogens is 11. The average molecular weight is 1800 g/mol. The second-order valence-corrected chi connectivity index (χ2v) is 31.3. The number of rotatable bonds is 12. The number of hydrogen-bond acceptors (Lipinski definition) is 16. The van der Waals surface area contributed by atoms with Crippen LogP contribution in [0.4, 0.5) is 17.6 Å². The van der Waals surface area contributed by atoms with Crippen molar-refractivity contribution >= 4 is 96.5 Å². The lowest BCUT2D eigenvalue weighted by Gasteiger charge is -2.32. The summed E-state index contributed by atoms with van der Waals surface area (Å²) in [5.41, 5.74) is 7.85. The Morgan fingerprint density at radius 3 is 1.29 bits per heavy atom. The summed E-state index contributed by atoms with van der Waals surface area (Å²) in [6.07, 6.45) is 3.46. The minimum Gasteiger partial charge on any atom is -0.503 e. The number of aromatic hydroxyl groups is 5. The Hall–Kier alpha value is -8.17. The van der Waals surface area contributed by atoms with Crippen LogP contribution in [0.5, 0.6) is 34.5 Å². The van der Waals surface area contributed by atoms with Crippen molar-refractivity contribution in [1.82, 2.24) is 47.3 Å². The smallest absolute Gasteiger partial charge is 0.503 e. The molecule has 5 aromatic carbocycles. The third-order valence-electron chi connectivity index (χ3n) is 19.8. The van der Waals surface area contributed by atoms with Gasteiger partial charge in [-0.2, -0.15) is 4.39 Å². The van der Waals surface area contributed by atoms with Gasteiger partial charge in [-0.1, -0.05) is 143 Å². The highest BCUT2D eigenvalue weighted by molar-refractivity contribution is 14.1. The first-order valence-corrected chi connectivity index (χ1v) is 39.1. The molecule has 0 atom stereocenters. The van der Waals surface area contributed by atoms with E-state index in [2.05, 4.69) is 40.3 Å². The van der Waals surface area contributed by atoms with Gasteiger partial charge in [0.2, 0.25) is 38.8 Å². The second kappa shape index (κ2) is 36.3. The van der Waals surface area contributed by atoms with E-state index in [-0.39, 0.29) is 63.1 Å². The Bertz CT molecular complexity index is 5120. The summed E-state index contributed by atoms with van der Waals surface area (Å²) in [7, 11) is 0. The maximum absolute atomic E-state index is 13.9. The molecule has 1 saturated carbocycles. The van der Waals surface area contributed by atoms with Gasteiger partial charge >= 0.3 is 6.36 Å². The highest BCUT2D eigenvalue weighted by atomic mass is 127. The summed E-state index contributed by atoms with van der Waals surface area (Å²) < 4.78 is 64.1. The molecule has 584 valence electrons. The molecule has 0 unspecified atom stereocenters. The van der Waals surface area contributed by atoms with Crippen molar-refractivity contribution in [2.75, 3.05) is 32.7 Å². The van der Waals surface area contributed by atoms with Crippen LogP contribution in [0.3, 0.4) is 0 Å². The van der Waals surface area contributed by atoms with Gasteiger partial charge in [0, 0.05) is 180 Å². The van der Waals surface area contributed by atoms with Crippen molar-refractivity contribution < 1.29 is 47.8 Å². The van der Waals surface area contributed by atoms with E-state index >= 15 is 0 Å². The lowest BCUT2D eigenvalue weighted by molar-refractivity contribution is -0.274. The van der Waals surface area contributed by atoms with E-state index in [9.17, 15) is 67.1 Å². The third-order valence-corrected chi connectivity index (χ3v) is 23.6. The zero-order valence-corrected chi connectivity index (χ0v) is 66.9. The molecule has 16 rings (SSSR count). The zero-order chi connectivity index (χ0) is 79.1. The standard InChI is InChI=1S/C18H19ClN2O2.C16H14F4N2O3.C15H14BrClN2O2.C15H14Cl2N2O2.C15H14ClIN2O2/c19-14-4-2-1-3-13(14)9-20-7-8-21-11-16(22)18(23)17(12-5-6-12)15(21)10-20;17-15-14(24)13(23)7-11-9-21(5-6-22(11)15)8-10-1-3-12(4-2-10)25-16(18,19)20;16-14-12-8-18(7-10-3-1-2-4-11(10)17)5-6-19(12)9-13(20)15(14)21;2*16-11-4-2-1-3-10(11)7-18-5-6-19-9-13(20)15(21)14(17)12(19)8-18/h1-4,11-12,22H,5-10H2;1-4,7,24H,5-6,8-9H2;3*1-4,9,20H,5-8H2. The number of ether oxygens (including phenoxy) is 1. The molecule has 21 nitrogen and oxygen atoms in total. The van der Waals surface area contributed by atoms with E-state index in [1.165, 1.54) is 53.5 Å². The highest BCUT2D eigenvalue weighted by Gasteiger charge is 2.35. The fraction of sp³-hybridized carbons (Fsp3) is 0.304. The van der Waals surface area contributed by atoms with Gasteiger partial charge in [0.1, 0.15) is 10.8 Å². The first kappa shape index (κ1) is 82.3. The van der Waals surface area contributed by atoms with Crippen LogP contribution < -0.4 is 31.9 Å². The molecule has 0 saturated heterocycles. The number of aromatic nitrogens is 5. The van der Waals surface area contributed by atoms with Gasteiger partial charge in [0.25, 0.3) is 0 Å². The minimum absolute atomic E-state index is 0.0962. The summed E-state index contributed by atoms with van der Waals surface area (Å²) >= 11 is 36.2. The lowest BCUT2D eigenvalue weighted by Crippen LogP contribution is -2.36. The van der Waals surface area contributed by atoms with Crippen LogP contribution in [0, 0.1) is 9.52 Å². The monoisotopic (exact) mass is 1800 g/mol. The average Bonchev–Trinajstić information content (AvgIpc) is 1.73. The first-order valence-electron chi connectivity index (χ1n) is 35.3. The molecule has 5 N–H and O–H groups in total. The van der Waals surface area contributed by atoms with Crippen molar-refractivity contribution in [2.45, 2.75) is 123 Å². The van der Waals surface area contributed by atoms with E-state index in [0.717, 1.165) is 161 Å². The Balaban J connectivity index is 0.000000129. The molecule has 5 aliphatic heterocycles. The molecule has 6 aliphatic rings. The van der Waals surface area contributed by atoms with Crippen LogP contribution in [0.25, 0.3) is 0 Å². The largest absolute Gasteiger partial charge is 0.573 e. The molecule has 0 spiro atoms. The summed E-state index contributed by atoms with van der Waals surface area (Å²) in [6.45, 7) is 13.3. The van der Waals surface area contributed by atoms with E-state index in [4.69, 9.17) is 58.0 Å². The number of benzene rings is 5. The third kappa shape index (κ3) is 20.4. The first-order chi connectivity index (χ1) is 53.0. The quantitative estimate of drug-likeness (QED) is 0.0434. The van der Waals surface area contributed by atoms with E-state index in [0.29, 0.717) is 65.5 Å². The maximum Gasteiger partial charge on any atom is 0.573 e. The van der Waals surface area contributed by atoms with Crippen LogP contribution in [0.2, 0.25) is 25.1 Å². The molecule has 5 aromatic heterocycles. The fourth-order valence-electron chi connectivity index (χ4n) is 13.9. The van der Waals surface area contributed by atoms with Gasteiger partial charge in [-0.15, -0.1) is 13.2 Å². The molecule has 1 fully saturated rings. The van der Waals surface area contributed by atoms with E-state index in [1.807, 2.05) is 143 Å². The van der Waals surface area contributed by atoms with Gasteiger partial charge < -0.3 is 53.1 Å². The topological polar surface area (TPSA) is 237 Å². The van der Waals surface area contributed by atoms with Crippen molar-refractivity contribution in [3.63, 3.8) is 0 Å². The molecule has 0 amide bonds. The van der Waals surface area contributed by atoms with Crippen molar-refractivity contribution in [2.24, 2.45) is 0 Å². The van der Waals surface area contributed by atoms with Gasteiger partial charge in [0.15, 0.2) is 23.0 Å². The number of hydrogen-bond donors (Lipinski definition) is 5. The predicted molar refractivity (Wildman–Crippen MR) is 429 cm³/mol. The Morgan fingerprint density at radius 1 is 0.450 bits per heavy atom. The maximum atomic E-state index is 13.9. The van der Waals surface area contributed by atoms with E-state index < -0.39 is 28.9 Å². The van der Waals surface area contributed by atoms with Crippen LogP contribution in [-0.2, 0) is 98.2 Å². The SMILES string of the molecule is O=c1c(O)cn2c(c1Br)CN(Cc1ccccc1Cl)CC2.O=c1c(O)cn2c(c1C1CC1)CN(Cc1ccccc1Cl)CC2.O=c1c(O)cn2c(c1Cl)CN(Cc1ccccc1Cl)CC2.O=c1c(O)cn2c(c1I)CN(Cc1ccccc1Cl)CC2.O=c1cc2n(c(F)c1O)CCN(Cc1ccc(OC(F)(F)F)cc1)C2. The summed E-state index contributed by atoms with van der Waals surface area (Å²) in [5.74, 6) is -2.62. The van der Waals surface area contributed by atoms with Crippen LogP contribution in [0.15, 0.2) is 181 Å². The zero-order valence-electron chi connectivity index (χ0n) is 59.4. The van der Waals surface area contributed by atoms with Gasteiger partial charge in [-0.25, -0.2) is 0 Å². The Labute approximate surface area is 681 Å². The molecule has 32 heteroatoms. The number of fused-ring (bicyclic) bond motifs is 5. The van der Waals surface area contributed by atoms with Gasteiger partial charge in [0.05, 0.1) is 44.2 Å². The summed E-state index contributed by atoms with van der Waals surface area (Å²) in [6, 6.07) is 37.8. The van der Waals surface area contributed by atoms with Crippen LogP contribution in [-0.4, -0.2) is 112 Å². The van der Waals surface area contributed by atoms with Gasteiger partial charge in [-0.05, 0) is 121 Å². The van der Waals surface area contributed by atoms with Crippen molar-refractivity contribution in [3.8, 4) is 34.5 Å². The molecule has 0 radical (unpaired) electrons. The molecule has 10 aromatic rings. The van der Waals surface area contributed by atoms with Crippen LogP contribution >= 0.6 is 96.5 Å². The normalized spacial score (nSPS) is 15.6. The highest BCUT2D eigenvalue weighted by Crippen LogP contribution is 2.42. The molecule has 10 heterocycles. The minimum atomic E-state index is -4.74. The summed E-state index contributed by atoms with van der Waals surface area (Å²) in [5, 5.41) is 51.2. The fourth-order valence-corrected chi connectivity index (χ4v) is 16.2. The van der Waals surface area contributed by atoms with Crippen LogP contribution in [0.1, 0.15) is 80.6 Å². The molecule has 1 aliphatic carbocycles. The number of nitrogens with zero attached hydrogens (tertiary/aromatic N) is 10. The van der Waals surface area contributed by atoms with Crippen molar-refractivity contribution in [3.05, 3.63) is 304 Å².